The molecule has 2 heterocycles. The molecule has 1 aromatic carbocycles. The molecule has 6 heteroatoms. The smallest absolute Gasteiger partial charge is 0.240 e. The number of halogens is 1. The highest BCUT2D eigenvalue weighted by Gasteiger charge is 2.06. The highest BCUT2D eigenvalue weighted by atomic mass is 35.5. The maximum absolute atomic E-state index is 6.12. The standard InChI is InChI=1S/C13H11ClN4O/c1-19-11-3-2-8(6-10(11)14)9-4-5-18-12(7-9)16-13(15)17-18/h2-7H,1H3,(H2,15,17). The Bertz CT molecular complexity index is 753. The van der Waals surface area contributed by atoms with Crippen LogP contribution in [0.3, 0.4) is 0 Å². The lowest BCUT2D eigenvalue weighted by molar-refractivity contribution is 0.415. The lowest BCUT2D eigenvalue weighted by Gasteiger charge is -2.06. The number of benzene rings is 1. The van der Waals surface area contributed by atoms with E-state index in [1.165, 1.54) is 0 Å². The van der Waals surface area contributed by atoms with Crippen LogP contribution < -0.4 is 10.5 Å². The van der Waals surface area contributed by atoms with E-state index in [1.807, 2.05) is 36.5 Å². The topological polar surface area (TPSA) is 65.4 Å². The molecule has 0 aliphatic heterocycles. The molecule has 0 saturated heterocycles. The van der Waals surface area contributed by atoms with E-state index in [4.69, 9.17) is 22.1 Å². The average Bonchev–Trinajstić information content (AvgIpc) is 2.77. The minimum Gasteiger partial charge on any atom is -0.495 e. The number of anilines is 1. The molecular weight excluding hydrogens is 264 g/mol. The predicted octanol–water partition coefficient (Wildman–Crippen LogP) is 2.64. The summed E-state index contributed by atoms with van der Waals surface area (Å²) in [5.41, 5.74) is 8.23. The van der Waals surface area contributed by atoms with Crippen molar-refractivity contribution in [2.24, 2.45) is 0 Å². The van der Waals surface area contributed by atoms with Gasteiger partial charge in [-0.15, -0.1) is 5.10 Å². The first-order valence-electron chi connectivity index (χ1n) is 5.63. The van der Waals surface area contributed by atoms with Crippen molar-refractivity contribution in [3.05, 3.63) is 41.6 Å². The molecule has 0 radical (unpaired) electrons. The van der Waals surface area contributed by atoms with Gasteiger partial charge in [0.05, 0.1) is 12.1 Å². The van der Waals surface area contributed by atoms with E-state index >= 15 is 0 Å². The van der Waals surface area contributed by atoms with Gasteiger partial charge in [-0.05, 0) is 35.4 Å². The van der Waals surface area contributed by atoms with Crippen molar-refractivity contribution in [1.29, 1.82) is 0 Å². The quantitative estimate of drug-likeness (QED) is 0.780. The molecule has 96 valence electrons. The SMILES string of the molecule is COc1ccc(-c2ccn3nc(N)nc3c2)cc1Cl. The number of pyridine rings is 1. The zero-order valence-corrected chi connectivity index (χ0v) is 10.9. The van der Waals surface area contributed by atoms with Crippen molar-refractivity contribution in [1.82, 2.24) is 14.6 Å². The van der Waals surface area contributed by atoms with Crippen molar-refractivity contribution in [3.8, 4) is 16.9 Å². The maximum atomic E-state index is 6.12. The van der Waals surface area contributed by atoms with Gasteiger partial charge in [-0.2, -0.15) is 4.98 Å². The van der Waals surface area contributed by atoms with Gasteiger partial charge in [-0.25, -0.2) is 4.52 Å². The summed E-state index contributed by atoms with van der Waals surface area (Å²) in [4.78, 5) is 4.13. The Morgan fingerprint density at radius 3 is 2.74 bits per heavy atom. The number of nitrogens with two attached hydrogens (primary N) is 1. The van der Waals surface area contributed by atoms with Gasteiger partial charge in [0.15, 0.2) is 5.65 Å². The van der Waals surface area contributed by atoms with E-state index in [1.54, 1.807) is 11.6 Å². The Labute approximate surface area is 114 Å². The lowest BCUT2D eigenvalue weighted by atomic mass is 10.1. The van der Waals surface area contributed by atoms with Gasteiger partial charge in [0, 0.05) is 6.20 Å². The number of fused-ring (bicyclic) bond motifs is 1. The second-order valence-corrected chi connectivity index (χ2v) is 4.44. The van der Waals surface area contributed by atoms with Crippen LogP contribution in [-0.4, -0.2) is 21.7 Å². The fourth-order valence-corrected chi connectivity index (χ4v) is 2.18. The summed E-state index contributed by atoms with van der Waals surface area (Å²) in [5, 5.41) is 4.60. The first kappa shape index (κ1) is 11.8. The van der Waals surface area contributed by atoms with Crippen LogP contribution in [0.1, 0.15) is 0 Å². The Kier molecular flexibility index (Phi) is 2.76. The molecule has 0 spiro atoms. The maximum Gasteiger partial charge on any atom is 0.240 e. The van der Waals surface area contributed by atoms with Crippen LogP contribution in [0.5, 0.6) is 5.75 Å². The Morgan fingerprint density at radius 2 is 2.00 bits per heavy atom. The van der Waals surface area contributed by atoms with Crippen LogP contribution in [0.25, 0.3) is 16.8 Å². The summed E-state index contributed by atoms with van der Waals surface area (Å²) >= 11 is 6.12. The van der Waals surface area contributed by atoms with Gasteiger partial charge in [-0.3, -0.25) is 0 Å². The average molecular weight is 275 g/mol. The number of nitrogens with zero attached hydrogens (tertiary/aromatic N) is 3. The normalized spacial score (nSPS) is 10.8. The van der Waals surface area contributed by atoms with E-state index in [0.29, 0.717) is 16.4 Å². The molecule has 0 bridgehead atoms. The van der Waals surface area contributed by atoms with Crippen LogP contribution in [0.4, 0.5) is 5.95 Å². The van der Waals surface area contributed by atoms with Gasteiger partial charge < -0.3 is 10.5 Å². The summed E-state index contributed by atoms with van der Waals surface area (Å²) in [7, 11) is 1.59. The van der Waals surface area contributed by atoms with Crippen LogP contribution in [0.15, 0.2) is 36.5 Å². The van der Waals surface area contributed by atoms with E-state index in [0.717, 1.165) is 11.1 Å². The third kappa shape index (κ3) is 2.08. The predicted molar refractivity (Wildman–Crippen MR) is 74.4 cm³/mol. The van der Waals surface area contributed by atoms with Gasteiger partial charge in [-0.1, -0.05) is 17.7 Å². The molecule has 19 heavy (non-hydrogen) atoms. The molecule has 2 N–H and O–H groups in total. The van der Waals surface area contributed by atoms with E-state index < -0.39 is 0 Å². The van der Waals surface area contributed by atoms with Gasteiger partial charge in [0.2, 0.25) is 5.95 Å². The molecule has 0 amide bonds. The molecule has 0 fully saturated rings. The number of nitrogen functional groups attached to an aromatic ring is 1. The van der Waals surface area contributed by atoms with Crippen molar-refractivity contribution in [2.45, 2.75) is 0 Å². The van der Waals surface area contributed by atoms with Crippen LogP contribution in [-0.2, 0) is 0 Å². The fourth-order valence-electron chi connectivity index (χ4n) is 1.92. The second kappa shape index (κ2) is 4.44. The molecule has 2 aromatic heterocycles. The minimum atomic E-state index is 0.255. The van der Waals surface area contributed by atoms with E-state index in [9.17, 15) is 0 Å². The molecule has 0 saturated carbocycles. The molecule has 0 atom stereocenters. The van der Waals surface area contributed by atoms with E-state index in [2.05, 4.69) is 10.1 Å². The summed E-state index contributed by atoms with van der Waals surface area (Å²) in [6, 6.07) is 9.46. The molecular formula is C13H11ClN4O. The Hall–Kier alpha value is -2.27. The first-order valence-corrected chi connectivity index (χ1v) is 6.01. The number of rotatable bonds is 2. The van der Waals surface area contributed by atoms with Crippen molar-refractivity contribution >= 4 is 23.2 Å². The molecule has 0 aliphatic carbocycles. The van der Waals surface area contributed by atoms with Crippen LogP contribution in [0.2, 0.25) is 5.02 Å². The van der Waals surface area contributed by atoms with Gasteiger partial charge >= 0.3 is 0 Å². The van der Waals surface area contributed by atoms with E-state index in [-0.39, 0.29) is 5.95 Å². The molecule has 5 nitrogen and oxygen atoms in total. The Balaban J connectivity index is 2.10. The summed E-state index contributed by atoms with van der Waals surface area (Å²) in [6.45, 7) is 0. The number of aromatic nitrogens is 3. The fraction of sp³-hybridized carbons (Fsp3) is 0.0769. The van der Waals surface area contributed by atoms with Crippen molar-refractivity contribution in [2.75, 3.05) is 12.8 Å². The summed E-state index contributed by atoms with van der Waals surface area (Å²) in [6.07, 6.45) is 1.81. The minimum absolute atomic E-state index is 0.255. The molecule has 0 unspecified atom stereocenters. The van der Waals surface area contributed by atoms with Crippen molar-refractivity contribution < 1.29 is 4.74 Å². The molecule has 0 aliphatic rings. The monoisotopic (exact) mass is 274 g/mol. The van der Waals surface area contributed by atoms with Crippen molar-refractivity contribution in [3.63, 3.8) is 0 Å². The number of methoxy groups -OCH3 is 1. The number of hydrogen-bond acceptors (Lipinski definition) is 4. The largest absolute Gasteiger partial charge is 0.495 e. The lowest BCUT2D eigenvalue weighted by Crippen LogP contribution is -1.89. The van der Waals surface area contributed by atoms with Crippen LogP contribution in [0, 0.1) is 0 Å². The highest BCUT2D eigenvalue weighted by molar-refractivity contribution is 6.32. The molecule has 3 rings (SSSR count). The highest BCUT2D eigenvalue weighted by Crippen LogP contribution is 2.30. The number of hydrogen-bond donors (Lipinski definition) is 1. The summed E-state index contributed by atoms with van der Waals surface area (Å²) in [5.74, 6) is 0.906. The summed E-state index contributed by atoms with van der Waals surface area (Å²) < 4.78 is 6.76. The third-order valence-electron chi connectivity index (χ3n) is 2.84. The Morgan fingerprint density at radius 1 is 1.21 bits per heavy atom. The number of ether oxygens (including phenoxy) is 1. The third-order valence-corrected chi connectivity index (χ3v) is 3.13. The van der Waals surface area contributed by atoms with Gasteiger partial charge in [0.25, 0.3) is 0 Å². The molecule has 3 aromatic rings. The second-order valence-electron chi connectivity index (χ2n) is 4.04. The zero-order chi connectivity index (χ0) is 13.4. The zero-order valence-electron chi connectivity index (χ0n) is 10.2. The van der Waals surface area contributed by atoms with Crippen LogP contribution >= 0.6 is 11.6 Å². The first-order chi connectivity index (χ1) is 9.17. The van der Waals surface area contributed by atoms with Gasteiger partial charge in [0.1, 0.15) is 5.75 Å².